The summed E-state index contributed by atoms with van der Waals surface area (Å²) >= 11 is 0. The lowest BCUT2D eigenvalue weighted by Crippen LogP contribution is -2.37. The smallest absolute Gasteiger partial charge is 0.191 e. The van der Waals surface area contributed by atoms with Gasteiger partial charge in [-0.1, -0.05) is 42.5 Å². The number of hydrogen-bond acceptors (Lipinski definition) is 2. The summed E-state index contributed by atoms with van der Waals surface area (Å²) in [6, 6.07) is 16.8. The van der Waals surface area contributed by atoms with E-state index in [1.807, 2.05) is 37.4 Å². The number of benzene rings is 2. The van der Waals surface area contributed by atoms with Crippen LogP contribution in [-0.4, -0.2) is 17.5 Å². The van der Waals surface area contributed by atoms with Crippen molar-refractivity contribution in [3.05, 3.63) is 77.9 Å². The van der Waals surface area contributed by atoms with Crippen LogP contribution in [0.25, 0.3) is 10.8 Å². The SMILES string of the molecule is CCNC(=NCc1ccccc1F)NCc1nccc2ccccc12.I. The average molecular weight is 464 g/mol. The maximum atomic E-state index is 13.7. The van der Waals surface area contributed by atoms with Crippen LogP contribution in [0.1, 0.15) is 18.2 Å². The van der Waals surface area contributed by atoms with Crippen LogP contribution >= 0.6 is 24.0 Å². The zero-order valence-corrected chi connectivity index (χ0v) is 16.9. The van der Waals surface area contributed by atoms with Crippen molar-refractivity contribution in [2.24, 2.45) is 4.99 Å². The second-order valence-electron chi connectivity index (χ2n) is 5.62. The number of fused-ring (bicyclic) bond motifs is 1. The third-order valence-electron chi connectivity index (χ3n) is 3.89. The Morgan fingerprint density at radius 1 is 1.04 bits per heavy atom. The molecule has 0 fully saturated rings. The van der Waals surface area contributed by atoms with Gasteiger partial charge in [0.2, 0.25) is 0 Å². The molecule has 2 N–H and O–H groups in total. The molecule has 3 aromatic rings. The molecule has 0 atom stereocenters. The molecule has 3 rings (SSSR count). The molecule has 1 heterocycles. The first-order valence-corrected chi connectivity index (χ1v) is 8.36. The molecule has 26 heavy (non-hydrogen) atoms. The fourth-order valence-corrected chi connectivity index (χ4v) is 2.62. The van der Waals surface area contributed by atoms with E-state index in [1.54, 1.807) is 12.1 Å². The minimum absolute atomic E-state index is 0. The number of aromatic nitrogens is 1. The Bertz CT molecular complexity index is 877. The van der Waals surface area contributed by atoms with Gasteiger partial charge in [0, 0.05) is 23.7 Å². The largest absolute Gasteiger partial charge is 0.357 e. The quantitative estimate of drug-likeness (QED) is 0.337. The molecular formula is C20H22FIN4. The Morgan fingerprint density at radius 2 is 1.81 bits per heavy atom. The van der Waals surface area contributed by atoms with E-state index in [9.17, 15) is 4.39 Å². The van der Waals surface area contributed by atoms with Gasteiger partial charge in [-0.25, -0.2) is 9.38 Å². The maximum Gasteiger partial charge on any atom is 0.191 e. The summed E-state index contributed by atoms with van der Waals surface area (Å²) in [7, 11) is 0. The van der Waals surface area contributed by atoms with Crippen molar-refractivity contribution in [2.45, 2.75) is 20.0 Å². The summed E-state index contributed by atoms with van der Waals surface area (Å²) in [5, 5.41) is 8.72. The predicted octanol–water partition coefficient (Wildman–Crippen LogP) is 4.25. The molecule has 4 nitrogen and oxygen atoms in total. The predicted molar refractivity (Wildman–Crippen MR) is 115 cm³/mol. The molecule has 1 aromatic heterocycles. The first-order valence-electron chi connectivity index (χ1n) is 8.36. The molecule has 2 aromatic carbocycles. The Labute approximate surface area is 170 Å². The van der Waals surface area contributed by atoms with Gasteiger partial charge < -0.3 is 10.6 Å². The molecule has 0 bridgehead atoms. The van der Waals surface area contributed by atoms with E-state index in [0.717, 1.165) is 23.0 Å². The van der Waals surface area contributed by atoms with Crippen LogP contribution in [0.3, 0.4) is 0 Å². The van der Waals surface area contributed by atoms with E-state index in [-0.39, 0.29) is 36.3 Å². The summed E-state index contributed by atoms with van der Waals surface area (Å²) < 4.78 is 13.7. The average Bonchev–Trinajstić information content (AvgIpc) is 2.65. The molecule has 0 aliphatic heterocycles. The van der Waals surface area contributed by atoms with Crippen LogP contribution in [-0.2, 0) is 13.1 Å². The lowest BCUT2D eigenvalue weighted by atomic mass is 10.1. The number of halogens is 2. The highest BCUT2D eigenvalue weighted by atomic mass is 127. The van der Waals surface area contributed by atoms with E-state index >= 15 is 0 Å². The standard InChI is InChI=1S/C20H21FN4.HI/c1-2-22-20(24-13-16-8-4-6-10-18(16)21)25-14-19-17-9-5-3-7-15(17)11-12-23-19;/h3-12H,2,13-14H2,1H3,(H2,22,24,25);1H. The molecule has 0 amide bonds. The Hall–Kier alpha value is -2.22. The molecule has 0 saturated carbocycles. The molecule has 0 saturated heterocycles. The van der Waals surface area contributed by atoms with Crippen LogP contribution in [0, 0.1) is 5.82 Å². The van der Waals surface area contributed by atoms with Crippen LogP contribution in [0.4, 0.5) is 4.39 Å². The van der Waals surface area contributed by atoms with Gasteiger partial charge in [0.05, 0.1) is 18.8 Å². The maximum absolute atomic E-state index is 13.7. The van der Waals surface area contributed by atoms with Gasteiger partial charge in [-0.3, -0.25) is 4.98 Å². The van der Waals surface area contributed by atoms with E-state index in [4.69, 9.17) is 0 Å². The molecule has 0 unspecified atom stereocenters. The highest BCUT2D eigenvalue weighted by molar-refractivity contribution is 14.0. The summed E-state index contributed by atoms with van der Waals surface area (Å²) in [6.45, 7) is 3.55. The van der Waals surface area contributed by atoms with Crippen LogP contribution in [0.2, 0.25) is 0 Å². The van der Waals surface area contributed by atoms with Crippen LogP contribution in [0.5, 0.6) is 0 Å². The van der Waals surface area contributed by atoms with Gasteiger partial charge in [-0.2, -0.15) is 0 Å². The van der Waals surface area contributed by atoms with Gasteiger partial charge in [0.1, 0.15) is 5.82 Å². The van der Waals surface area contributed by atoms with Gasteiger partial charge >= 0.3 is 0 Å². The second-order valence-corrected chi connectivity index (χ2v) is 5.62. The zero-order chi connectivity index (χ0) is 17.5. The minimum atomic E-state index is -0.238. The van der Waals surface area contributed by atoms with Gasteiger partial charge in [0.25, 0.3) is 0 Å². The van der Waals surface area contributed by atoms with E-state index in [1.165, 1.54) is 6.07 Å². The van der Waals surface area contributed by atoms with E-state index in [2.05, 4.69) is 32.7 Å². The molecule has 0 spiro atoms. The first-order chi connectivity index (χ1) is 12.3. The summed E-state index contributed by atoms with van der Waals surface area (Å²) in [5.41, 5.74) is 1.53. The first kappa shape index (κ1) is 20.1. The van der Waals surface area contributed by atoms with Gasteiger partial charge in [0.15, 0.2) is 5.96 Å². The number of pyridine rings is 1. The zero-order valence-electron chi connectivity index (χ0n) is 14.6. The van der Waals surface area contributed by atoms with Crippen molar-refractivity contribution >= 4 is 40.7 Å². The molecule has 0 radical (unpaired) electrons. The van der Waals surface area contributed by atoms with E-state index < -0.39 is 0 Å². The normalized spacial score (nSPS) is 11.1. The highest BCUT2D eigenvalue weighted by Crippen LogP contribution is 2.16. The van der Waals surface area contributed by atoms with Crippen LogP contribution < -0.4 is 10.6 Å². The Kier molecular flexibility index (Phi) is 7.77. The van der Waals surface area contributed by atoms with Crippen LogP contribution in [0.15, 0.2) is 65.8 Å². The van der Waals surface area contributed by atoms with Gasteiger partial charge in [-0.05, 0) is 24.4 Å². The third-order valence-corrected chi connectivity index (χ3v) is 3.89. The van der Waals surface area contributed by atoms with Crippen molar-refractivity contribution in [3.63, 3.8) is 0 Å². The number of nitrogens with one attached hydrogen (secondary N) is 2. The number of aliphatic imine (C=N–C) groups is 1. The fourth-order valence-electron chi connectivity index (χ4n) is 2.62. The van der Waals surface area contributed by atoms with Crippen molar-refractivity contribution in [2.75, 3.05) is 6.54 Å². The lowest BCUT2D eigenvalue weighted by Gasteiger charge is -2.12. The molecular weight excluding hydrogens is 442 g/mol. The van der Waals surface area contributed by atoms with Crippen molar-refractivity contribution in [3.8, 4) is 0 Å². The molecule has 0 aliphatic carbocycles. The lowest BCUT2D eigenvalue weighted by molar-refractivity contribution is 0.610. The van der Waals surface area contributed by atoms with E-state index in [0.29, 0.717) is 18.1 Å². The number of guanidine groups is 1. The Morgan fingerprint density at radius 3 is 2.62 bits per heavy atom. The minimum Gasteiger partial charge on any atom is -0.357 e. The molecule has 6 heteroatoms. The van der Waals surface area contributed by atoms with Crippen molar-refractivity contribution < 1.29 is 4.39 Å². The van der Waals surface area contributed by atoms with Crippen molar-refractivity contribution in [1.82, 2.24) is 15.6 Å². The fraction of sp³-hybridized carbons (Fsp3) is 0.200. The topological polar surface area (TPSA) is 49.3 Å². The third kappa shape index (κ3) is 5.14. The summed E-state index contributed by atoms with van der Waals surface area (Å²) in [5.74, 6) is 0.401. The summed E-state index contributed by atoms with van der Waals surface area (Å²) in [6.07, 6.45) is 1.81. The highest BCUT2D eigenvalue weighted by Gasteiger charge is 2.05. The number of rotatable bonds is 5. The second kappa shape index (κ2) is 10.1. The number of nitrogens with zero attached hydrogens (tertiary/aromatic N) is 2. The molecule has 0 aliphatic rings. The molecule has 136 valence electrons. The number of hydrogen-bond donors (Lipinski definition) is 2. The van der Waals surface area contributed by atoms with Gasteiger partial charge in [-0.15, -0.1) is 24.0 Å². The monoisotopic (exact) mass is 464 g/mol. The Balaban J connectivity index is 0.00000243. The van der Waals surface area contributed by atoms with Crippen molar-refractivity contribution in [1.29, 1.82) is 0 Å². The summed E-state index contributed by atoms with van der Waals surface area (Å²) in [4.78, 5) is 8.93.